The molecule has 0 saturated heterocycles. The lowest BCUT2D eigenvalue weighted by Gasteiger charge is -2.12. The number of fused-ring (bicyclic) bond motifs is 1. The van der Waals surface area contributed by atoms with Gasteiger partial charge in [-0.3, -0.25) is 14.5 Å². The highest BCUT2D eigenvalue weighted by Gasteiger charge is 2.21. The van der Waals surface area contributed by atoms with Gasteiger partial charge < -0.3 is 4.57 Å². The molecule has 1 N–H and O–H groups in total. The third-order valence-corrected chi connectivity index (χ3v) is 4.14. The fourth-order valence-corrected chi connectivity index (χ4v) is 3.06. The Bertz CT molecular complexity index is 1050. The van der Waals surface area contributed by atoms with Gasteiger partial charge in [0.05, 0.1) is 16.8 Å². The van der Waals surface area contributed by atoms with E-state index in [0.717, 1.165) is 0 Å². The van der Waals surface area contributed by atoms with Gasteiger partial charge in [-0.1, -0.05) is 0 Å². The van der Waals surface area contributed by atoms with Gasteiger partial charge in [-0.25, -0.2) is 13.8 Å². The van der Waals surface area contributed by atoms with Crippen LogP contribution in [0.25, 0.3) is 22.3 Å². The van der Waals surface area contributed by atoms with E-state index in [-0.39, 0.29) is 21.4 Å². The fraction of sp³-hybridized carbons (Fsp3) is 0.333. The maximum Gasteiger partial charge on any atom is 0.264 e. The predicted octanol–water partition coefficient (Wildman–Crippen LogP) is 3.12. The number of nitrogens with one attached hydrogen (secondary N) is 1. The molecule has 0 saturated carbocycles. The number of halogens is 2. The van der Waals surface area contributed by atoms with Gasteiger partial charge in [-0.2, -0.15) is 5.10 Å². The van der Waals surface area contributed by atoms with Crippen molar-refractivity contribution in [2.45, 2.75) is 26.8 Å². The van der Waals surface area contributed by atoms with E-state index in [2.05, 4.69) is 15.1 Å². The first-order chi connectivity index (χ1) is 11.3. The van der Waals surface area contributed by atoms with E-state index >= 15 is 0 Å². The smallest absolute Gasteiger partial charge is 0.264 e. The molecule has 0 aliphatic heterocycles. The maximum atomic E-state index is 13.6. The number of alkyl halides is 2. The summed E-state index contributed by atoms with van der Waals surface area (Å²) >= 11 is 5.13. The van der Waals surface area contributed by atoms with Gasteiger partial charge in [-0.05, 0) is 32.1 Å². The minimum absolute atomic E-state index is 0.134. The number of aromatic amines is 1. The Morgan fingerprint density at radius 3 is 2.67 bits per heavy atom. The summed E-state index contributed by atoms with van der Waals surface area (Å²) in [6.07, 6.45) is -1.11. The van der Waals surface area contributed by atoms with Crippen LogP contribution in [0, 0.1) is 11.7 Å². The van der Waals surface area contributed by atoms with Crippen LogP contribution in [0.3, 0.4) is 0 Å². The van der Waals surface area contributed by atoms with E-state index in [9.17, 15) is 13.6 Å². The third-order valence-electron chi connectivity index (χ3n) is 3.82. The number of aryl methyl sites for hydroxylation is 3. The molecule has 0 aliphatic carbocycles. The lowest BCUT2D eigenvalue weighted by Crippen LogP contribution is -2.17. The van der Waals surface area contributed by atoms with Crippen LogP contribution in [0.5, 0.6) is 0 Å². The molecule has 0 radical (unpaired) electrons. The molecule has 0 bridgehead atoms. The minimum Gasteiger partial charge on any atom is -0.303 e. The van der Waals surface area contributed by atoms with Gasteiger partial charge in [0.25, 0.3) is 12.0 Å². The minimum atomic E-state index is -2.81. The van der Waals surface area contributed by atoms with E-state index in [0.29, 0.717) is 23.5 Å². The summed E-state index contributed by atoms with van der Waals surface area (Å²) in [5.41, 5.74) is 0.771. The average molecular weight is 351 g/mol. The van der Waals surface area contributed by atoms with E-state index in [4.69, 9.17) is 12.2 Å². The number of hydrogen-bond donors (Lipinski definition) is 1. The summed E-state index contributed by atoms with van der Waals surface area (Å²) < 4.78 is 30.4. The van der Waals surface area contributed by atoms with Crippen molar-refractivity contribution in [2.75, 3.05) is 0 Å². The standard InChI is InChI=1S/C15H15F2N5OS/c1-4-22-13-11(14(23)19-15(22)24)8(12(16)17)5-10(18-13)9-6-21(3)20-7(9)2/h5-6,12H,4H2,1-3H3,(H,19,23,24). The number of H-pyrrole nitrogens is 1. The highest BCUT2D eigenvalue weighted by molar-refractivity contribution is 7.71. The first-order valence-electron chi connectivity index (χ1n) is 7.30. The van der Waals surface area contributed by atoms with Crippen molar-refractivity contribution in [1.82, 2.24) is 24.3 Å². The Balaban J connectivity index is 2.49. The lowest BCUT2D eigenvalue weighted by molar-refractivity contribution is 0.153. The van der Waals surface area contributed by atoms with E-state index < -0.39 is 12.0 Å². The number of hydrogen-bond acceptors (Lipinski definition) is 4. The molecule has 0 aliphatic rings. The van der Waals surface area contributed by atoms with Gasteiger partial charge in [0.15, 0.2) is 4.77 Å². The lowest BCUT2D eigenvalue weighted by atomic mass is 10.1. The zero-order valence-electron chi connectivity index (χ0n) is 13.3. The molecular weight excluding hydrogens is 336 g/mol. The van der Waals surface area contributed by atoms with Gasteiger partial charge in [0, 0.05) is 30.9 Å². The first-order valence-corrected chi connectivity index (χ1v) is 7.70. The molecular formula is C15H15F2N5OS. The van der Waals surface area contributed by atoms with Crippen molar-refractivity contribution < 1.29 is 8.78 Å². The highest BCUT2D eigenvalue weighted by atomic mass is 32.1. The number of pyridine rings is 1. The van der Waals surface area contributed by atoms with Gasteiger partial charge in [0.2, 0.25) is 0 Å². The maximum absolute atomic E-state index is 13.6. The Morgan fingerprint density at radius 1 is 1.42 bits per heavy atom. The van der Waals surface area contributed by atoms with Gasteiger partial charge in [-0.15, -0.1) is 0 Å². The van der Waals surface area contributed by atoms with Crippen LogP contribution >= 0.6 is 12.2 Å². The topological polar surface area (TPSA) is 68.5 Å². The summed E-state index contributed by atoms with van der Waals surface area (Å²) in [4.78, 5) is 19.1. The van der Waals surface area contributed by atoms with E-state index in [1.54, 1.807) is 31.8 Å². The van der Waals surface area contributed by atoms with Crippen molar-refractivity contribution in [3.05, 3.63) is 38.6 Å². The highest BCUT2D eigenvalue weighted by Crippen LogP contribution is 2.30. The number of nitrogens with zero attached hydrogens (tertiary/aromatic N) is 4. The molecule has 0 amide bonds. The second-order valence-electron chi connectivity index (χ2n) is 5.40. The van der Waals surface area contributed by atoms with Crippen molar-refractivity contribution in [3.8, 4) is 11.3 Å². The monoisotopic (exact) mass is 351 g/mol. The Hall–Kier alpha value is -2.42. The van der Waals surface area contributed by atoms with Crippen LogP contribution < -0.4 is 5.56 Å². The largest absolute Gasteiger partial charge is 0.303 e. The number of rotatable bonds is 3. The quantitative estimate of drug-likeness (QED) is 0.736. The number of aromatic nitrogens is 5. The molecule has 126 valence electrons. The van der Waals surface area contributed by atoms with Crippen molar-refractivity contribution in [1.29, 1.82) is 0 Å². The second-order valence-corrected chi connectivity index (χ2v) is 5.79. The molecule has 9 heteroatoms. The van der Waals surface area contributed by atoms with Crippen LogP contribution in [-0.2, 0) is 13.6 Å². The fourth-order valence-electron chi connectivity index (χ4n) is 2.76. The summed E-state index contributed by atoms with van der Waals surface area (Å²) in [6.45, 7) is 3.98. The molecule has 0 unspecified atom stereocenters. The van der Waals surface area contributed by atoms with Crippen LogP contribution in [0.15, 0.2) is 17.1 Å². The normalized spacial score (nSPS) is 11.6. The molecule has 3 aromatic rings. The first kappa shape index (κ1) is 16.4. The Morgan fingerprint density at radius 2 is 2.12 bits per heavy atom. The van der Waals surface area contributed by atoms with Crippen LogP contribution in [0.2, 0.25) is 0 Å². The molecule has 0 spiro atoms. The SMILES string of the molecule is CCn1c(=S)[nH]c(=O)c2c(C(F)F)cc(-c3cn(C)nc3C)nc21. The van der Waals surface area contributed by atoms with Gasteiger partial charge >= 0.3 is 0 Å². The van der Waals surface area contributed by atoms with Crippen molar-refractivity contribution in [2.24, 2.45) is 7.05 Å². The van der Waals surface area contributed by atoms with Crippen molar-refractivity contribution in [3.63, 3.8) is 0 Å². The van der Waals surface area contributed by atoms with Crippen LogP contribution in [0.1, 0.15) is 24.6 Å². The molecule has 3 rings (SSSR count). The summed E-state index contributed by atoms with van der Waals surface area (Å²) in [5, 5.41) is 4.08. The summed E-state index contributed by atoms with van der Waals surface area (Å²) in [7, 11) is 1.74. The Labute approximate surface area is 140 Å². The third kappa shape index (κ3) is 2.54. The summed E-state index contributed by atoms with van der Waals surface area (Å²) in [6, 6.07) is 1.25. The molecule has 3 aromatic heterocycles. The molecule has 0 fully saturated rings. The summed E-state index contributed by atoms with van der Waals surface area (Å²) in [5.74, 6) is 0. The van der Waals surface area contributed by atoms with E-state index in [1.165, 1.54) is 10.6 Å². The average Bonchev–Trinajstić information content (AvgIpc) is 2.85. The van der Waals surface area contributed by atoms with Crippen LogP contribution in [0.4, 0.5) is 8.78 Å². The molecule has 3 heterocycles. The van der Waals surface area contributed by atoms with Gasteiger partial charge in [0.1, 0.15) is 5.65 Å². The van der Waals surface area contributed by atoms with Crippen LogP contribution in [-0.4, -0.2) is 24.3 Å². The second kappa shape index (κ2) is 5.90. The molecule has 0 atom stereocenters. The van der Waals surface area contributed by atoms with E-state index in [1.807, 2.05) is 0 Å². The molecule has 6 nitrogen and oxygen atoms in total. The molecule has 0 aromatic carbocycles. The predicted molar refractivity (Wildman–Crippen MR) is 88.8 cm³/mol. The van der Waals surface area contributed by atoms with Crippen molar-refractivity contribution >= 4 is 23.3 Å². The molecule has 24 heavy (non-hydrogen) atoms. The zero-order chi connectivity index (χ0) is 17.6. The Kier molecular flexibility index (Phi) is 4.04. The zero-order valence-corrected chi connectivity index (χ0v) is 14.1.